The van der Waals surface area contributed by atoms with Gasteiger partial charge < -0.3 is 0 Å². The van der Waals surface area contributed by atoms with Crippen molar-refractivity contribution in [2.45, 2.75) is 39.0 Å². The first-order valence-corrected chi connectivity index (χ1v) is 3.58. The Hall–Kier alpha value is 0. The predicted octanol–water partition coefficient (Wildman–Crippen LogP) is 2.75. The highest BCUT2D eigenvalue weighted by atomic mass is 14.2. The SMILES string of the molecule is CC[C]1C[CH]CCC1. The molecule has 46 valence electrons. The minimum Gasteiger partial charge on any atom is -0.0648 e. The molecule has 1 aliphatic carbocycles. The molecule has 0 aromatic carbocycles. The van der Waals surface area contributed by atoms with Crippen LogP contribution in [0.25, 0.3) is 0 Å². The van der Waals surface area contributed by atoms with E-state index < -0.39 is 0 Å². The van der Waals surface area contributed by atoms with Gasteiger partial charge in [-0.1, -0.05) is 19.8 Å². The van der Waals surface area contributed by atoms with E-state index in [2.05, 4.69) is 13.3 Å². The Kier molecular flexibility index (Phi) is 2.38. The van der Waals surface area contributed by atoms with Crippen LogP contribution in [-0.4, -0.2) is 0 Å². The monoisotopic (exact) mass is 110 g/mol. The van der Waals surface area contributed by atoms with Gasteiger partial charge in [0.05, 0.1) is 0 Å². The molecule has 0 N–H and O–H groups in total. The summed E-state index contributed by atoms with van der Waals surface area (Å²) in [6.45, 7) is 2.26. The van der Waals surface area contributed by atoms with E-state index in [1.54, 1.807) is 5.92 Å². The normalized spacial score (nSPS) is 23.6. The molecule has 0 aliphatic heterocycles. The molecule has 0 amide bonds. The number of hydrogen-bond acceptors (Lipinski definition) is 0. The summed E-state index contributed by atoms with van der Waals surface area (Å²) in [5.41, 5.74) is 0. The second kappa shape index (κ2) is 3.11. The van der Waals surface area contributed by atoms with E-state index in [0.717, 1.165) is 0 Å². The molecule has 0 nitrogen and oxygen atoms in total. The zero-order chi connectivity index (χ0) is 5.82. The topological polar surface area (TPSA) is 0 Å². The summed E-state index contributed by atoms with van der Waals surface area (Å²) in [7, 11) is 0. The first-order chi connectivity index (χ1) is 3.93. The van der Waals surface area contributed by atoms with Crippen LogP contribution in [0.2, 0.25) is 0 Å². The van der Waals surface area contributed by atoms with Crippen LogP contribution in [0.4, 0.5) is 0 Å². The molecule has 0 bridgehead atoms. The fraction of sp³-hybridized carbons (Fsp3) is 0.750. The molecule has 1 aliphatic rings. The third-order valence-corrected chi connectivity index (χ3v) is 1.87. The van der Waals surface area contributed by atoms with Crippen LogP contribution in [0.15, 0.2) is 0 Å². The molecule has 0 spiro atoms. The first kappa shape index (κ1) is 6.12. The fourth-order valence-corrected chi connectivity index (χ4v) is 1.23. The van der Waals surface area contributed by atoms with E-state index in [1.807, 2.05) is 0 Å². The molecule has 0 aromatic rings. The molecule has 0 heteroatoms. The predicted molar refractivity (Wildman–Crippen MR) is 36.3 cm³/mol. The van der Waals surface area contributed by atoms with E-state index in [1.165, 1.54) is 32.1 Å². The molecule has 0 heterocycles. The van der Waals surface area contributed by atoms with Crippen molar-refractivity contribution in [3.8, 4) is 0 Å². The van der Waals surface area contributed by atoms with Crippen molar-refractivity contribution in [3.05, 3.63) is 12.3 Å². The van der Waals surface area contributed by atoms with Crippen LogP contribution in [0.3, 0.4) is 0 Å². The quantitative estimate of drug-likeness (QED) is 0.487. The van der Waals surface area contributed by atoms with Gasteiger partial charge in [-0.15, -0.1) is 0 Å². The molecule has 0 atom stereocenters. The van der Waals surface area contributed by atoms with Crippen LogP contribution < -0.4 is 0 Å². The minimum absolute atomic E-state index is 1.30. The van der Waals surface area contributed by atoms with E-state index >= 15 is 0 Å². The maximum Gasteiger partial charge on any atom is -0.0241 e. The minimum atomic E-state index is 1.30. The van der Waals surface area contributed by atoms with E-state index in [4.69, 9.17) is 0 Å². The van der Waals surface area contributed by atoms with Gasteiger partial charge in [-0.05, 0) is 31.6 Å². The van der Waals surface area contributed by atoms with Gasteiger partial charge in [0.15, 0.2) is 0 Å². The molecule has 0 saturated heterocycles. The molecular formula is C8H14. The maximum absolute atomic E-state index is 2.41. The highest BCUT2D eigenvalue weighted by molar-refractivity contribution is 4.97. The summed E-state index contributed by atoms with van der Waals surface area (Å²) >= 11 is 0. The van der Waals surface area contributed by atoms with Crippen LogP contribution in [-0.2, 0) is 0 Å². The molecule has 0 aromatic heterocycles. The zero-order valence-corrected chi connectivity index (χ0v) is 5.61. The second-order valence-electron chi connectivity index (χ2n) is 2.49. The lowest BCUT2D eigenvalue weighted by atomic mass is 9.88. The molecule has 1 fully saturated rings. The lowest BCUT2D eigenvalue weighted by Gasteiger charge is -2.18. The van der Waals surface area contributed by atoms with Crippen LogP contribution in [0, 0.1) is 12.3 Å². The smallest absolute Gasteiger partial charge is 0.0241 e. The van der Waals surface area contributed by atoms with Gasteiger partial charge in [0.25, 0.3) is 0 Å². The highest BCUT2D eigenvalue weighted by Crippen LogP contribution is 2.26. The van der Waals surface area contributed by atoms with Crippen LogP contribution in [0.1, 0.15) is 39.0 Å². The van der Waals surface area contributed by atoms with Gasteiger partial charge in [-0.3, -0.25) is 0 Å². The second-order valence-corrected chi connectivity index (χ2v) is 2.49. The van der Waals surface area contributed by atoms with Crippen molar-refractivity contribution >= 4 is 0 Å². The number of hydrogen-bond donors (Lipinski definition) is 0. The van der Waals surface area contributed by atoms with Gasteiger partial charge >= 0.3 is 0 Å². The third kappa shape index (κ3) is 1.50. The standard InChI is InChI=1S/C8H14/c1-2-8-6-4-3-5-7-8/h4H,2-3,5-7H2,1H3. The highest BCUT2D eigenvalue weighted by Gasteiger charge is 2.10. The molecule has 2 radical (unpaired) electrons. The third-order valence-electron chi connectivity index (χ3n) is 1.87. The summed E-state index contributed by atoms with van der Waals surface area (Å²) in [6.07, 6.45) is 9.16. The Labute approximate surface area is 52.3 Å². The van der Waals surface area contributed by atoms with Gasteiger partial charge in [-0.25, -0.2) is 0 Å². The van der Waals surface area contributed by atoms with Crippen molar-refractivity contribution in [1.82, 2.24) is 0 Å². The van der Waals surface area contributed by atoms with Gasteiger partial charge in [0.1, 0.15) is 0 Å². The van der Waals surface area contributed by atoms with Crippen molar-refractivity contribution in [2.24, 2.45) is 0 Å². The lowest BCUT2D eigenvalue weighted by molar-refractivity contribution is 0.596. The summed E-state index contributed by atoms with van der Waals surface area (Å²) in [5, 5.41) is 0. The molecular weight excluding hydrogens is 96.1 g/mol. The Morgan fingerprint density at radius 2 is 2.50 bits per heavy atom. The first-order valence-electron chi connectivity index (χ1n) is 3.58. The van der Waals surface area contributed by atoms with Gasteiger partial charge in [0.2, 0.25) is 0 Å². The van der Waals surface area contributed by atoms with E-state index in [9.17, 15) is 0 Å². The van der Waals surface area contributed by atoms with Crippen molar-refractivity contribution < 1.29 is 0 Å². The summed E-state index contributed by atoms with van der Waals surface area (Å²) in [5.74, 6) is 1.75. The molecule has 1 rings (SSSR count). The number of rotatable bonds is 1. The van der Waals surface area contributed by atoms with Crippen molar-refractivity contribution in [3.63, 3.8) is 0 Å². The summed E-state index contributed by atoms with van der Waals surface area (Å²) in [4.78, 5) is 0. The largest absolute Gasteiger partial charge is 0.0648 e. The summed E-state index contributed by atoms with van der Waals surface area (Å²) in [6, 6.07) is 0. The maximum atomic E-state index is 2.41. The Morgan fingerprint density at radius 3 is 2.88 bits per heavy atom. The van der Waals surface area contributed by atoms with Crippen LogP contribution in [0.5, 0.6) is 0 Å². The lowest BCUT2D eigenvalue weighted by Crippen LogP contribution is -2.01. The van der Waals surface area contributed by atoms with Crippen molar-refractivity contribution in [1.29, 1.82) is 0 Å². The molecule has 8 heavy (non-hydrogen) atoms. The zero-order valence-electron chi connectivity index (χ0n) is 5.61. The van der Waals surface area contributed by atoms with E-state index in [-0.39, 0.29) is 0 Å². The Morgan fingerprint density at radius 1 is 1.62 bits per heavy atom. The van der Waals surface area contributed by atoms with Crippen molar-refractivity contribution in [2.75, 3.05) is 0 Å². The molecule has 0 unspecified atom stereocenters. The summed E-state index contributed by atoms with van der Waals surface area (Å²) < 4.78 is 0. The fourth-order valence-electron chi connectivity index (χ4n) is 1.23. The van der Waals surface area contributed by atoms with Crippen LogP contribution >= 0.6 is 0 Å². The van der Waals surface area contributed by atoms with E-state index in [0.29, 0.717) is 0 Å². The van der Waals surface area contributed by atoms with Gasteiger partial charge in [0, 0.05) is 0 Å². The average molecular weight is 110 g/mol. The average Bonchev–Trinajstić information content (AvgIpc) is 1.90. The Bertz CT molecular complexity index is 51.1. The molecule has 1 saturated carbocycles. The van der Waals surface area contributed by atoms with Gasteiger partial charge in [-0.2, -0.15) is 0 Å². The Balaban J connectivity index is 2.13.